The van der Waals surface area contributed by atoms with Crippen LogP contribution in [-0.4, -0.2) is 24.0 Å². The first kappa shape index (κ1) is 15.0. The van der Waals surface area contributed by atoms with Crippen molar-refractivity contribution in [1.29, 1.82) is 0 Å². The average molecular weight is 325 g/mol. The summed E-state index contributed by atoms with van der Waals surface area (Å²) in [7, 11) is 0. The minimum atomic E-state index is 0.131. The molecule has 1 fully saturated rings. The summed E-state index contributed by atoms with van der Waals surface area (Å²) in [6.07, 6.45) is 6.58. The molecule has 0 aromatic heterocycles. The Kier molecular flexibility index (Phi) is 5.86. The quantitative estimate of drug-likeness (QED) is 0.853. The van der Waals surface area contributed by atoms with E-state index >= 15 is 0 Å². The molecule has 106 valence electrons. The minimum absolute atomic E-state index is 0.131. The molecule has 0 aliphatic heterocycles. The normalized spacial score (nSPS) is 18.1. The molecule has 1 unspecified atom stereocenters. The lowest BCUT2D eigenvalue weighted by molar-refractivity contribution is 0.201. The molecule has 0 spiro atoms. The Balaban J connectivity index is 1.88. The lowest BCUT2D eigenvalue weighted by Crippen LogP contribution is -2.35. The largest absolute Gasteiger partial charge is 0.324 e. The van der Waals surface area contributed by atoms with Crippen LogP contribution in [0, 0.1) is 0 Å². The second-order valence-corrected chi connectivity index (χ2v) is 6.34. The van der Waals surface area contributed by atoms with Gasteiger partial charge in [-0.25, -0.2) is 0 Å². The van der Waals surface area contributed by atoms with Gasteiger partial charge in [0.15, 0.2) is 0 Å². The van der Waals surface area contributed by atoms with E-state index in [-0.39, 0.29) is 6.04 Å². The fraction of sp³-hybridized carbons (Fsp3) is 0.625. The van der Waals surface area contributed by atoms with Gasteiger partial charge >= 0.3 is 0 Å². The molecule has 3 heteroatoms. The predicted octanol–water partition coefficient (Wildman–Crippen LogP) is 4.10. The van der Waals surface area contributed by atoms with Gasteiger partial charge in [0.25, 0.3) is 0 Å². The van der Waals surface area contributed by atoms with Crippen LogP contribution in [0.5, 0.6) is 0 Å². The number of hydrogen-bond donors (Lipinski definition) is 1. The van der Waals surface area contributed by atoms with Crippen molar-refractivity contribution in [3.63, 3.8) is 0 Å². The molecule has 0 radical (unpaired) electrons. The van der Waals surface area contributed by atoms with E-state index in [0.29, 0.717) is 0 Å². The molecule has 1 saturated carbocycles. The van der Waals surface area contributed by atoms with Crippen LogP contribution in [0.4, 0.5) is 0 Å². The molecule has 0 bridgehead atoms. The molecule has 0 saturated heterocycles. The zero-order valence-electron chi connectivity index (χ0n) is 11.8. The second kappa shape index (κ2) is 7.41. The Morgan fingerprint density at radius 1 is 1.32 bits per heavy atom. The first-order chi connectivity index (χ1) is 9.22. The lowest BCUT2D eigenvalue weighted by atomic mass is 10.0. The van der Waals surface area contributed by atoms with Crippen LogP contribution in [0.1, 0.15) is 50.6 Å². The molecule has 1 aliphatic carbocycles. The van der Waals surface area contributed by atoms with Crippen molar-refractivity contribution in [3.05, 3.63) is 34.3 Å². The van der Waals surface area contributed by atoms with Gasteiger partial charge in [-0.2, -0.15) is 0 Å². The van der Waals surface area contributed by atoms with Gasteiger partial charge in [0, 0.05) is 23.1 Å². The summed E-state index contributed by atoms with van der Waals surface area (Å²) in [6, 6.07) is 9.23. The van der Waals surface area contributed by atoms with E-state index in [1.807, 2.05) is 6.07 Å². The van der Waals surface area contributed by atoms with Crippen LogP contribution in [0.15, 0.2) is 28.7 Å². The van der Waals surface area contributed by atoms with E-state index in [1.165, 1.54) is 31.2 Å². The maximum Gasteiger partial charge on any atom is 0.0318 e. The maximum absolute atomic E-state index is 6.34. The predicted molar refractivity (Wildman–Crippen MR) is 85.2 cm³/mol. The summed E-state index contributed by atoms with van der Waals surface area (Å²) in [5.74, 6) is 0. The molecule has 1 aromatic carbocycles. The average Bonchev–Trinajstić information content (AvgIpc) is 2.94. The van der Waals surface area contributed by atoms with Crippen LogP contribution in [0.2, 0.25) is 0 Å². The van der Waals surface area contributed by atoms with Crippen LogP contribution in [0.3, 0.4) is 0 Å². The first-order valence-electron chi connectivity index (χ1n) is 7.46. The van der Waals surface area contributed by atoms with Crippen LogP contribution in [-0.2, 0) is 0 Å². The van der Waals surface area contributed by atoms with E-state index in [0.717, 1.165) is 30.0 Å². The van der Waals surface area contributed by atoms with E-state index in [9.17, 15) is 0 Å². The molecule has 1 atom stereocenters. The van der Waals surface area contributed by atoms with E-state index in [2.05, 4.69) is 46.0 Å². The van der Waals surface area contributed by atoms with Gasteiger partial charge in [0.2, 0.25) is 0 Å². The van der Waals surface area contributed by atoms with Gasteiger partial charge in [-0.15, -0.1) is 0 Å². The molecular formula is C16H25BrN2. The fourth-order valence-electron chi connectivity index (χ4n) is 3.10. The van der Waals surface area contributed by atoms with Crippen molar-refractivity contribution >= 4 is 15.9 Å². The third kappa shape index (κ3) is 4.04. The summed E-state index contributed by atoms with van der Waals surface area (Å²) in [6.45, 7) is 4.53. The van der Waals surface area contributed by atoms with Gasteiger partial charge in [-0.3, -0.25) is 0 Å². The third-order valence-corrected chi connectivity index (χ3v) is 5.00. The number of nitrogens with two attached hydrogens (primary N) is 1. The lowest BCUT2D eigenvalue weighted by Gasteiger charge is -2.28. The smallest absolute Gasteiger partial charge is 0.0318 e. The second-order valence-electron chi connectivity index (χ2n) is 5.48. The van der Waals surface area contributed by atoms with Crippen LogP contribution < -0.4 is 5.73 Å². The summed E-state index contributed by atoms with van der Waals surface area (Å²) in [4.78, 5) is 2.61. The van der Waals surface area contributed by atoms with Gasteiger partial charge in [0.05, 0.1) is 0 Å². The molecule has 2 rings (SSSR count). The maximum atomic E-state index is 6.34. The van der Waals surface area contributed by atoms with Crippen molar-refractivity contribution in [2.24, 2.45) is 5.73 Å². The van der Waals surface area contributed by atoms with Crippen molar-refractivity contribution in [3.8, 4) is 0 Å². The first-order valence-corrected chi connectivity index (χ1v) is 8.25. The zero-order chi connectivity index (χ0) is 13.7. The number of hydrogen-bond acceptors (Lipinski definition) is 2. The van der Waals surface area contributed by atoms with Crippen LogP contribution >= 0.6 is 15.9 Å². The molecule has 19 heavy (non-hydrogen) atoms. The number of nitrogens with zero attached hydrogens (tertiary/aromatic N) is 1. The van der Waals surface area contributed by atoms with Crippen molar-refractivity contribution in [2.75, 3.05) is 13.1 Å². The Bertz CT molecular complexity index is 388. The SMILES string of the molecule is CCN(CCC(N)c1ccccc1Br)C1CCCC1. The highest BCUT2D eigenvalue weighted by Crippen LogP contribution is 2.26. The van der Waals surface area contributed by atoms with Crippen molar-refractivity contribution in [2.45, 2.75) is 51.1 Å². The van der Waals surface area contributed by atoms with E-state index in [1.54, 1.807) is 0 Å². The summed E-state index contributed by atoms with van der Waals surface area (Å²) in [5, 5.41) is 0. The zero-order valence-corrected chi connectivity index (χ0v) is 13.4. The van der Waals surface area contributed by atoms with Gasteiger partial charge < -0.3 is 10.6 Å². The Morgan fingerprint density at radius 2 is 2.00 bits per heavy atom. The van der Waals surface area contributed by atoms with Gasteiger partial charge in [-0.05, 0) is 37.4 Å². The standard InChI is InChI=1S/C16H25BrN2/c1-2-19(13-7-3-4-8-13)12-11-16(18)14-9-5-6-10-15(14)17/h5-6,9-10,13,16H,2-4,7-8,11-12,18H2,1H3. The molecule has 0 heterocycles. The monoisotopic (exact) mass is 324 g/mol. The summed E-state index contributed by atoms with van der Waals surface area (Å²) < 4.78 is 1.13. The molecule has 2 nitrogen and oxygen atoms in total. The highest BCUT2D eigenvalue weighted by molar-refractivity contribution is 9.10. The van der Waals surface area contributed by atoms with Crippen LogP contribution in [0.25, 0.3) is 0 Å². The molecule has 1 aromatic rings. The number of rotatable bonds is 6. The summed E-state index contributed by atoms with van der Waals surface area (Å²) in [5.41, 5.74) is 7.57. The number of halogens is 1. The Hall–Kier alpha value is -0.380. The Morgan fingerprint density at radius 3 is 2.63 bits per heavy atom. The summed E-state index contributed by atoms with van der Waals surface area (Å²) >= 11 is 3.59. The Labute approximate surface area is 125 Å². The third-order valence-electron chi connectivity index (χ3n) is 4.28. The van der Waals surface area contributed by atoms with E-state index < -0.39 is 0 Å². The molecule has 0 amide bonds. The van der Waals surface area contributed by atoms with E-state index in [4.69, 9.17) is 5.73 Å². The molecular weight excluding hydrogens is 300 g/mol. The minimum Gasteiger partial charge on any atom is -0.324 e. The van der Waals surface area contributed by atoms with Crippen molar-refractivity contribution < 1.29 is 0 Å². The highest BCUT2D eigenvalue weighted by atomic mass is 79.9. The van der Waals surface area contributed by atoms with Gasteiger partial charge in [0.1, 0.15) is 0 Å². The highest BCUT2D eigenvalue weighted by Gasteiger charge is 2.21. The van der Waals surface area contributed by atoms with Gasteiger partial charge in [-0.1, -0.05) is 53.9 Å². The topological polar surface area (TPSA) is 29.3 Å². The molecule has 1 aliphatic rings. The van der Waals surface area contributed by atoms with Crippen molar-refractivity contribution in [1.82, 2.24) is 4.90 Å². The molecule has 2 N–H and O–H groups in total. The number of benzene rings is 1. The fourth-order valence-corrected chi connectivity index (χ4v) is 3.68.